The highest BCUT2D eigenvalue weighted by Crippen LogP contribution is 2.52. The van der Waals surface area contributed by atoms with Crippen LogP contribution in [-0.2, 0) is 5.60 Å². The smallest absolute Gasteiger partial charge is 0.430 e. The molecule has 1 aromatic carbocycles. The van der Waals surface area contributed by atoms with Crippen LogP contribution in [0, 0.1) is 0 Å². The first kappa shape index (κ1) is 17.1. The summed E-state index contributed by atoms with van der Waals surface area (Å²) in [6, 6.07) is 5.64. The fraction of sp³-hybridized carbons (Fsp3) is 0.214. The van der Waals surface area contributed by atoms with E-state index in [1.54, 1.807) is 0 Å². The number of hydrogen-bond donors (Lipinski definition) is 1. The van der Waals surface area contributed by atoms with Crippen LogP contribution in [0.25, 0.3) is 11.3 Å². The third kappa shape index (κ3) is 2.72. The second kappa shape index (κ2) is 5.41. The van der Waals surface area contributed by atoms with Crippen LogP contribution in [0.4, 0.5) is 26.3 Å². The van der Waals surface area contributed by atoms with Gasteiger partial charge in [-0.25, -0.2) is 0 Å². The number of furan rings is 1. The van der Waals surface area contributed by atoms with Crippen LogP contribution < -0.4 is 0 Å². The summed E-state index contributed by atoms with van der Waals surface area (Å²) < 4.78 is 82.8. The molecule has 1 heterocycles. The molecule has 0 saturated heterocycles. The summed E-state index contributed by atoms with van der Waals surface area (Å²) >= 11 is 0. The molecule has 9 heteroatoms. The van der Waals surface area contributed by atoms with Crippen LogP contribution in [0.3, 0.4) is 0 Å². The van der Waals surface area contributed by atoms with E-state index in [-0.39, 0.29) is 12.0 Å². The van der Waals surface area contributed by atoms with Gasteiger partial charge in [0.1, 0.15) is 5.76 Å². The van der Waals surface area contributed by atoms with Crippen LogP contribution >= 0.6 is 0 Å². The molecule has 0 spiro atoms. The zero-order chi connectivity index (χ0) is 17.5. The minimum atomic E-state index is -6.01. The van der Waals surface area contributed by atoms with Crippen LogP contribution in [0.5, 0.6) is 0 Å². The van der Waals surface area contributed by atoms with Crippen LogP contribution in [0.2, 0.25) is 0 Å². The van der Waals surface area contributed by atoms with Crippen LogP contribution in [0.15, 0.2) is 40.8 Å². The summed E-state index contributed by atoms with van der Waals surface area (Å²) in [5.41, 5.74) is -7.14. The first-order chi connectivity index (χ1) is 10.5. The van der Waals surface area contributed by atoms with E-state index >= 15 is 0 Å². The largest absolute Gasteiger partial charge is 0.453 e. The van der Waals surface area contributed by atoms with Gasteiger partial charge in [-0.05, 0) is 12.1 Å². The minimum absolute atomic E-state index is 0.242. The Hall–Kier alpha value is -2.29. The Labute approximate surface area is 125 Å². The van der Waals surface area contributed by atoms with Crippen LogP contribution in [0.1, 0.15) is 16.1 Å². The van der Waals surface area contributed by atoms with Crippen molar-refractivity contribution in [2.24, 2.45) is 0 Å². The van der Waals surface area contributed by atoms with Gasteiger partial charge in [-0.2, -0.15) is 26.3 Å². The van der Waals surface area contributed by atoms with E-state index in [4.69, 9.17) is 4.42 Å². The summed E-state index contributed by atoms with van der Waals surface area (Å²) in [6.45, 7) is 0. The van der Waals surface area contributed by atoms with Crippen molar-refractivity contribution in [1.82, 2.24) is 0 Å². The summed E-state index contributed by atoms with van der Waals surface area (Å²) in [7, 11) is 0. The van der Waals surface area contributed by atoms with E-state index in [9.17, 15) is 36.2 Å². The van der Waals surface area contributed by atoms with Crippen molar-refractivity contribution < 1.29 is 40.7 Å². The van der Waals surface area contributed by atoms with Crippen molar-refractivity contribution in [2.75, 3.05) is 0 Å². The van der Waals surface area contributed by atoms with Gasteiger partial charge >= 0.3 is 12.4 Å². The molecular formula is C14H8F6O3. The van der Waals surface area contributed by atoms with Gasteiger partial charge in [0.05, 0.1) is 0 Å². The third-order valence-corrected chi connectivity index (χ3v) is 3.15. The average molecular weight is 338 g/mol. The van der Waals surface area contributed by atoms with Gasteiger partial charge in [0, 0.05) is 11.1 Å². The maximum Gasteiger partial charge on any atom is 0.430 e. The fourth-order valence-corrected chi connectivity index (χ4v) is 2.04. The summed E-state index contributed by atoms with van der Waals surface area (Å²) in [6.07, 6.45) is -11.8. The van der Waals surface area contributed by atoms with Crippen molar-refractivity contribution in [1.29, 1.82) is 0 Å². The number of alkyl halides is 6. The maximum atomic E-state index is 13.0. The Kier molecular flexibility index (Phi) is 4.02. The quantitative estimate of drug-likeness (QED) is 0.678. The zero-order valence-electron chi connectivity index (χ0n) is 11.1. The maximum absolute atomic E-state index is 13.0. The van der Waals surface area contributed by atoms with Crippen molar-refractivity contribution in [3.05, 3.63) is 47.7 Å². The number of carbonyl (C=O) groups excluding carboxylic acids is 1. The lowest BCUT2D eigenvalue weighted by atomic mass is 9.87. The third-order valence-electron chi connectivity index (χ3n) is 3.15. The molecule has 0 unspecified atom stereocenters. The lowest BCUT2D eigenvalue weighted by Gasteiger charge is -2.33. The van der Waals surface area contributed by atoms with E-state index in [2.05, 4.69) is 0 Å². The monoisotopic (exact) mass is 338 g/mol. The van der Waals surface area contributed by atoms with Gasteiger partial charge in [-0.3, -0.25) is 4.79 Å². The molecular weight excluding hydrogens is 330 g/mol. The number of benzene rings is 1. The molecule has 0 aliphatic heterocycles. The van der Waals surface area contributed by atoms with Crippen molar-refractivity contribution in [3.8, 4) is 11.3 Å². The van der Waals surface area contributed by atoms with Gasteiger partial charge in [-0.15, -0.1) is 0 Å². The number of rotatable bonds is 3. The number of halogens is 6. The number of aldehydes is 1. The molecule has 0 atom stereocenters. The van der Waals surface area contributed by atoms with Gasteiger partial charge in [0.15, 0.2) is 12.0 Å². The van der Waals surface area contributed by atoms with E-state index in [1.165, 1.54) is 6.07 Å². The molecule has 2 rings (SSSR count). The predicted molar refractivity (Wildman–Crippen MR) is 65.5 cm³/mol. The summed E-state index contributed by atoms with van der Waals surface area (Å²) in [5.74, 6) is -0.688. The Balaban J connectivity index is 2.74. The molecule has 1 N–H and O–H groups in total. The number of hydrogen-bond acceptors (Lipinski definition) is 3. The van der Waals surface area contributed by atoms with Gasteiger partial charge in [0.25, 0.3) is 5.60 Å². The van der Waals surface area contributed by atoms with E-state index < -0.39 is 34.8 Å². The molecule has 124 valence electrons. The Bertz CT molecular complexity index is 700. The molecule has 0 amide bonds. The molecule has 0 fully saturated rings. The first-order valence-electron chi connectivity index (χ1n) is 6.03. The van der Waals surface area contributed by atoms with E-state index in [0.29, 0.717) is 6.07 Å². The number of aliphatic hydroxyl groups is 1. The highest BCUT2D eigenvalue weighted by atomic mass is 19.4. The summed E-state index contributed by atoms with van der Waals surface area (Å²) in [5, 5.41) is 9.50. The second-order valence-corrected chi connectivity index (χ2v) is 4.57. The molecule has 0 aliphatic rings. The highest BCUT2D eigenvalue weighted by molar-refractivity contribution is 5.73. The molecule has 2 aromatic rings. The fourth-order valence-electron chi connectivity index (χ4n) is 2.04. The van der Waals surface area contributed by atoms with Crippen molar-refractivity contribution in [2.45, 2.75) is 18.0 Å². The molecule has 1 aromatic heterocycles. The molecule has 0 aliphatic carbocycles. The Morgan fingerprint density at radius 3 is 1.96 bits per heavy atom. The molecule has 3 nitrogen and oxygen atoms in total. The lowest BCUT2D eigenvalue weighted by Crippen LogP contribution is -2.54. The van der Waals surface area contributed by atoms with E-state index in [0.717, 1.165) is 24.3 Å². The van der Waals surface area contributed by atoms with Crippen molar-refractivity contribution in [3.63, 3.8) is 0 Å². The second-order valence-electron chi connectivity index (χ2n) is 4.57. The summed E-state index contributed by atoms with van der Waals surface area (Å²) in [4.78, 5) is 10.5. The van der Waals surface area contributed by atoms with Gasteiger partial charge in [-0.1, -0.05) is 24.3 Å². The SMILES string of the molecule is O=Cc1ccc(-c2ccccc2C(O)(C(F)(F)F)C(F)(F)F)o1. The topological polar surface area (TPSA) is 50.4 Å². The Morgan fingerprint density at radius 2 is 1.48 bits per heavy atom. The highest BCUT2D eigenvalue weighted by Gasteiger charge is 2.72. The molecule has 23 heavy (non-hydrogen) atoms. The normalized spacial score (nSPS) is 13.2. The predicted octanol–water partition coefficient (Wildman–Crippen LogP) is 4.07. The van der Waals surface area contributed by atoms with Crippen molar-refractivity contribution >= 4 is 6.29 Å². The molecule has 0 radical (unpaired) electrons. The minimum Gasteiger partial charge on any atom is -0.453 e. The van der Waals surface area contributed by atoms with Crippen LogP contribution in [-0.4, -0.2) is 23.7 Å². The van der Waals surface area contributed by atoms with Gasteiger partial charge < -0.3 is 9.52 Å². The molecule has 0 bridgehead atoms. The van der Waals surface area contributed by atoms with Gasteiger partial charge in [0.2, 0.25) is 0 Å². The lowest BCUT2D eigenvalue weighted by molar-refractivity contribution is -0.376. The molecule has 0 saturated carbocycles. The first-order valence-corrected chi connectivity index (χ1v) is 6.03. The van der Waals surface area contributed by atoms with E-state index in [1.807, 2.05) is 0 Å². The standard InChI is InChI=1S/C14H8F6O3/c15-13(16,17)12(22,14(18,19)20)10-4-2-1-3-9(10)11-6-5-8(7-21)23-11/h1-7,22H. The zero-order valence-corrected chi connectivity index (χ0v) is 11.1. The number of carbonyl (C=O) groups is 1. The Morgan fingerprint density at radius 1 is 0.913 bits per heavy atom. The average Bonchev–Trinajstić information content (AvgIpc) is 2.92.